The number of nitrogens with one attached hydrogen (secondary N) is 1. The van der Waals surface area contributed by atoms with E-state index in [2.05, 4.69) is 20.3 Å². The molecule has 0 unspecified atom stereocenters. The van der Waals surface area contributed by atoms with Gasteiger partial charge in [-0.2, -0.15) is 0 Å². The zero-order valence-electron chi connectivity index (χ0n) is 17.0. The Labute approximate surface area is 189 Å². The maximum atomic E-state index is 13.4. The Hall–Kier alpha value is -3.97. The van der Waals surface area contributed by atoms with Gasteiger partial charge in [-0.3, -0.25) is 4.79 Å². The number of rotatable bonds is 6. The summed E-state index contributed by atoms with van der Waals surface area (Å²) in [7, 11) is 0. The van der Waals surface area contributed by atoms with Crippen LogP contribution in [-0.4, -0.2) is 30.9 Å². The molecule has 0 spiro atoms. The largest absolute Gasteiger partial charge is 0.345 e. The topological polar surface area (TPSA) is 79.7 Å². The van der Waals surface area contributed by atoms with Crippen LogP contribution < -0.4 is 4.90 Å². The summed E-state index contributed by atoms with van der Waals surface area (Å²) in [5, 5.41) is 8.95. The SMILES string of the molecule is O=C(Cn1nnc2ccccc21)N(Cc1cccc(Cl)c1)c1ccc(-c2cnc[nH]2)cc1. The smallest absolute Gasteiger partial charge is 0.249 e. The number of fused-ring (bicyclic) bond motifs is 1. The molecular weight excluding hydrogens is 424 g/mol. The number of benzene rings is 3. The number of halogens is 1. The molecule has 0 aliphatic carbocycles. The zero-order valence-corrected chi connectivity index (χ0v) is 17.8. The van der Waals surface area contributed by atoms with Gasteiger partial charge in [0, 0.05) is 10.7 Å². The van der Waals surface area contributed by atoms with Crippen molar-refractivity contribution in [2.75, 3.05) is 4.90 Å². The third-order valence-electron chi connectivity index (χ3n) is 5.22. The molecule has 1 amide bonds. The maximum absolute atomic E-state index is 13.4. The van der Waals surface area contributed by atoms with Gasteiger partial charge in [-0.05, 0) is 47.5 Å². The van der Waals surface area contributed by atoms with Gasteiger partial charge in [0.1, 0.15) is 12.1 Å². The van der Waals surface area contributed by atoms with Crippen molar-refractivity contribution in [1.82, 2.24) is 25.0 Å². The van der Waals surface area contributed by atoms with Crippen LogP contribution in [-0.2, 0) is 17.9 Å². The molecule has 0 saturated heterocycles. The third-order valence-corrected chi connectivity index (χ3v) is 5.46. The average Bonchev–Trinajstić information content (AvgIpc) is 3.49. The predicted molar refractivity (Wildman–Crippen MR) is 124 cm³/mol. The number of carbonyl (C=O) groups excluding carboxylic acids is 1. The number of hydrogen-bond donors (Lipinski definition) is 1. The van der Waals surface area contributed by atoms with E-state index < -0.39 is 0 Å². The second kappa shape index (κ2) is 8.64. The Bertz CT molecular complexity index is 1360. The van der Waals surface area contributed by atoms with Crippen LogP contribution in [0.2, 0.25) is 5.02 Å². The molecule has 0 aliphatic heterocycles. The van der Waals surface area contributed by atoms with Crippen LogP contribution in [0.15, 0.2) is 85.3 Å². The molecule has 3 aromatic carbocycles. The van der Waals surface area contributed by atoms with Crippen molar-refractivity contribution in [1.29, 1.82) is 0 Å². The number of nitrogens with zero attached hydrogens (tertiary/aromatic N) is 5. The van der Waals surface area contributed by atoms with Crippen LogP contribution in [0.1, 0.15) is 5.56 Å². The average molecular weight is 443 g/mol. The second-order valence-corrected chi connectivity index (χ2v) is 7.79. The van der Waals surface area contributed by atoms with Gasteiger partial charge in [0.25, 0.3) is 0 Å². The third kappa shape index (κ3) is 4.10. The van der Waals surface area contributed by atoms with Crippen molar-refractivity contribution in [3.05, 3.63) is 95.9 Å². The van der Waals surface area contributed by atoms with Gasteiger partial charge in [-0.1, -0.05) is 53.2 Å². The quantitative estimate of drug-likeness (QED) is 0.413. The molecule has 0 radical (unpaired) electrons. The summed E-state index contributed by atoms with van der Waals surface area (Å²) in [6, 6.07) is 22.9. The molecule has 32 heavy (non-hydrogen) atoms. The van der Waals surface area contributed by atoms with Crippen LogP contribution in [0.3, 0.4) is 0 Å². The minimum atomic E-state index is -0.102. The normalized spacial score (nSPS) is 11.0. The molecule has 0 saturated carbocycles. The molecule has 0 fully saturated rings. The predicted octanol–water partition coefficient (Wildman–Crippen LogP) is 4.71. The molecular formula is C24H19ClN6O. The first-order chi connectivity index (χ1) is 15.7. The zero-order chi connectivity index (χ0) is 21.9. The summed E-state index contributed by atoms with van der Waals surface area (Å²) in [5.41, 5.74) is 5.19. The molecule has 8 heteroatoms. The number of aromatic nitrogens is 5. The second-order valence-electron chi connectivity index (χ2n) is 7.36. The van der Waals surface area contributed by atoms with E-state index in [0.717, 1.165) is 33.5 Å². The molecule has 0 atom stereocenters. The summed E-state index contributed by atoms with van der Waals surface area (Å²) in [5.74, 6) is -0.102. The number of aromatic amines is 1. The van der Waals surface area contributed by atoms with E-state index >= 15 is 0 Å². The highest BCUT2D eigenvalue weighted by Gasteiger charge is 2.19. The van der Waals surface area contributed by atoms with Crippen molar-refractivity contribution in [2.24, 2.45) is 0 Å². The highest BCUT2D eigenvalue weighted by atomic mass is 35.5. The van der Waals surface area contributed by atoms with Crippen molar-refractivity contribution in [3.8, 4) is 11.3 Å². The lowest BCUT2D eigenvalue weighted by molar-refractivity contribution is -0.119. The number of imidazole rings is 1. The first-order valence-corrected chi connectivity index (χ1v) is 10.5. The summed E-state index contributed by atoms with van der Waals surface area (Å²) in [6.45, 7) is 0.457. The Morgan fingerprint density at radius 3 is 2.66 bits per heavy atom. The van der Waals surface area contributed by atoms with Gasteiger partial charge in [0.2, 0.25) is 5.91 Å². The summed E-state index contributed by atoms with van der Waals surface area (Å²) < 4.78 is 1.63. The van der Waals surface area contributed by atoms with Crippen LogP contribution in [0.4, 0.5) is 5.69 Å². The highest BCUT2D eigenvalue weighted by Crippen LogP contribution is 2.24. The maximum Gasteiger partial charge on any atom is 0.249 e. The molecule has 2 heterocycles. The van der Waals surface area contributed by atoms with Gasteiger partial charge in [0.15, 0.2) is 0 Å². The Balaban J connectivity index is 1.46. The van der Waals surface area contributed by atoms with Crippen molar-refractivity contribution in [3.63, 3.8) is 0 Å². The van der Waals surface area contributed by atoms with Crippen molar-refractivity contribution >= 4 is 34.2 Å². The lowest BCUT2D eigenvalue weighted by Gasteiger charge is -2.23. The lowest BCUT2D eigenvalue weighted by Crippen LogP contribution is -2.33. The van der Waals surface area contributed by atoms with Crippen LogP contribution >= 0.6 is 11.6 Å². The van der Waals surface area contributed by atoms with E-state index in [0.29, 0.717) is 11.6 Å². The molecule has 7 nitrogen and oxygen atoms in total. The van der Waals surface area contributed by atoms with E-state index in [1.807, 2.05) is 72.8 Å². The number of carbonyl (C=O) groups is 1. The van der Waals surface area contributed by atoms with Gasteiger partial charge in [-0.15, -0.1) is 5.10 Å². The fraction of sp³-hybridized carbons (Fsp3) is 0.0833. The molecule has 5 rings (SSSR count). The van der Waals surface area contributed by atoms with Crippen molar-refractivity contribution < 1.29 is 4.79 Å². The highest BCUT2D eigenvalue weighted by molar-refractivity contribution is 6.30. The number of anilines is 1. The van der Waals surface area contributed by atoms with Crippen LogP contribution in [0, 0.1) is 0 Å². The first-order valence-electron chi connectivity index (χ1n) is 10.1. The molecule has 1 N–H and O–H groups in total. The van der Waals surface area contributed by atoms with Gasteiger partial charge < -0.3 is 9.88 Å². The fourth-order valence-corrected chi connectivity index (χ4v) is 3.84. The molecule has 0 bridgehead atoms. The summed E-state index contributed by atoms with van der Waals surface area (Å²) in [4.78, 5) is 22.3. The number of hydrogen-bond acceptors (Lipinski definition) is 4. The number of para-hydroxylation sites is 1. The fourth-order valence-electron chi connectivity index (χ4n) is 3.62. The monoisotopic (exact) mass is 442 g/mol. The molecule has 158 valence electrons. The molecule has 5 aromatic rings. The van der Waals surface area contributed by atoms with Gasteiger partial charge in [0.05, 0.1) is 30.3 Å². The standard InChI is InChI=1S/C24H19ClN6O/c25-19-5-3-4-17(12-19)14-30(20-10-8-18(9-11-20)22-13-26-16-27-22)24(32)15-31-23-7-2-1-6-21(23)28-29-31/h1-13,16H,14-15H2,(H,26,27). The molecule has 0 aliphatic rings. The Morgan fingerprint density at radius 1 is 1.03 bits per heavy atom. The van der Waals surface area contributed by atoms with E-state index in [9.17, 15) is 4.79 Å². The summed E-state index contributed by atoms with van der Waals surface area (Å²) in [6.07, 6.45) is 3.40. The van der Waals surface area contributed by atoms with Gasteiger partial charge >= 0.3 is 0 Å². The Kier molecular flexibility index (Phi) is 5.39. The first kappa shape index (κ1) is 20.0. The van der Waals surface area contributed by atoms with Crippen LogP contribution in [0.25, 0.3) is 22.3 Å². The van der Waals surface area contributed by atoms with E-state index in [-0.39, 0.29) is 12.5 Å². The van der Waals surface area contributed by atoms with E-state index in [1.54, 1.807) is 22.1 Å². The van der Waals surface area contributed by atoms with Gasteiger partial charge in [-0.25, -0.2) is 9.67 Å². The minimum Gasteiger partial charge on any atom is -0.345 e. The van der Waals surface area contributed by atoms with Crippen molar-refractivity contribution in [2.45, 2.75) is 13.1 Å². The molecule has 2 aromatic heterocycles. The number of amides is 1. The van der Waals surface area contributed by atoms with E-state index in [4.69, 9.17) is 11.6 Å². The van der Waals surface area contributed by atoms with Crippen LogP contribution in [0.5, 0.6) is 0 Å². The Morgan fingerprint density at radius 2 is 1.88 bits per heavy atom. The lowest BCUT2D eigenvalue weighted by atomic mass is 10.1. The summed E-state index contributed by atoms with van der Waals surface area (Å²) >= 11 is 6.18. The van der Waals surface area contributed by atoms with E-state index in [1.165, 1.54) is 0 Å². The number of H-pyrrole nitrogens is 1. The minimum absolute atomic E-state index is 0.0728.